The maximum Gasteiger partial charge on any atom is 0.276 e. The van der Waals surface area contributed by atoms with Crippen molar-refractivity contribution in [2.75, 3.05) is 43.4 Å². The maximum absolute atomic E-state index is 13.0. The summed E-state index contributed by atoms with van der Waals surface area (Å²) in [6.07, 6.45) is 2.38. The van der Waals surface area contributed by atoms with E-state index in [1.165, 1.54) is 18.5 Å². The number of benzene rings is 1. The third kappa shape index (κ3) is 3.92. The highest BCUT2D eigenvalue weighted by Crippen LogP contribution is 2.41. The third-order valence-electron chi connectivity index (χ3n) is 5.60. The van der Waals surface area contributed by atoms with Gasteiger partial charge in [-0.3, -0.25) is 9.48 Å². The lowest BCUT2D eigenvalue weighted by molar-refractivity contribution is 0.102. The monoisotopic (exact) mass is 381 g/mol. The van der Waals surface area contributed by atoms with E-state index in [1.807, 2.05) is 28.9 Å². The van der Waals surface area contributed by atoms with Crippen molar-refractivity contribution >= 4 is 17.3 Å². The van der Waals surface area contributed by atoms with Crippen molar-refractivity contribution in [1.82, 2.24) is 14.7 Å². The van der Waals surface area contributed by atoms with E-state index in [1.54, 1.807) is 0 Å². The summed E-state index contributed by atoms with van der Waals surface area (Å²) in [6.45, 7) is 10.4. The number of aromatic nitrogens is 2. The molecule has 1 aliphatic carbocycles. The Morgan fingerprint density at radius 2 is 1.79 bits per heavy atom. The quantitative estimate of drug-likeness (QED) is 0.880. The Morgan fingerprint density at radius 1 is 1.11 bits per heavy atom. The van der Waals surface area contributed by atoms with Gasteiger partial charge in [-0.05, 0) is 58.9 Å². The molecule has 1 saturated heterocycles. The average Bonchev–Trinajstić information content (AvgIpc) is 3.39. The van der Waals surface area contributed by atoms with E-state index in [-0.39, 0.29) is 11.4 Å². The largest absolute Gasteiger partial charge is 0.367 e. The fourth-order valence-corrected chi connectivity index (χ4v) is 3.80. The number of nitrogens with one attached hydrogen (secondary N) is 1. The summed E-state index contributed by atoms with van der Waals surface area (Å²) in [4.78, 5) is 17.7. The lowest BCUT2D eigenvalue weighted by atomic mass is 10.1. The molecule has 4 rings (SSSR count). The number of carbonyl (C=O) groups is 1. The molecule has 2 heterocycles. The Bertz CT molecular complexity index is 854. The molecule has 1 aromatic heterocycles. The second-order valence-electron chi connectivity index (χ2n) is 9.07. The number of nitrogens with zero attached hydrogens (tertiary/aromatic N) is 4. The molecule has 1 amide bonds. The highest BCUT2D eigenvalue weighted by molar-refractivity contribution is 6.04. The number of carbonyl (C=O) groups excluding carboxylic acids is 1. The van der Waals surface area contributed by atoms with Crippen LogP contribution in [0, 0.1) is 0 Å². The third-order valence-corrected chi connectivity index (χ3v) is 5.60. The lowest BCUT2D eigenvalue weighted by Crippen LogP contribution is -2.44. The van der Waals surface area contributed by atoms with Gasteiger partial charge in [0.15, 0.2) is 5.69 Å². The van der Waals surface area contributed by atoms with E-state index < -0.39 is 0 Å². The van der Waals surface area contributed by atoms with Crippen molar-refractivity contribution in [3.05, 3.63) is 41.7 Å². The molecule has 1 aromatic carbocycles. The summed E-state index contributed by atoms with van der Waals surface area (Å²) < 4.78 is 2.03. The van der Waals surface area contributed by atoms with Gasteiger partial charge in [0.1, 0.15) is 0 Å². The van der Waals surface area contributed by atoms with Crippen LogP contribution in [0.5, 0.6) is 0 Å². The van der Waals surface area contributed by atoms with Crippen LogP contribution in [0.15, 0.2) is 30.3 Å². The fourth-order valence-electron chi connectivity index (χ4n) is 3.80. The summed E-state index contributed by atoms with van der Waals surface area (Å²) in [6, 6.07) is 10.1. The number of amides is 1. The number of likely N-dealkylation sites (N-methyl/N-ethyl adjacent to an activating group) is 1. The predicted octanol–water partition coefficient (Wildman–Crippen LogP) is 3.52. The Balaban J connectivity index is 1.56. The first-order chi connectivity index (χ1) is 13.3. The molecule has 0 atom stereocenters. The van der Waals surface area contributed by atoms with Gasteiger partial charge in [-0.25, -0.2) is 0 Å². The minimum atomic E-state index is -0.133. The van der Waals surface area contributed by atoms with E-state index in [4.69, 9.17) is 0 Å². The number of hydrogen-bond acceptors (Lipinski definition) is 4. The van der Waals surface area contributed by atoms with Gasteiger partial charge in [0.2, 0.25) is 0 Å². The SMILES string of the molecule is CN1CCN(c2ccccc2NC(=O)c2cc(C3CC3)n(C(C)(C)C)n2)CC1. The van der Waals surface area contributed by atoms with Gasteiger partial charge in [-0.15, -0.1) is 0 Å². The fraction of sp³-hybridized carbons (Fsp3) is 0.545. The van der Waals surface area contributed by atoms with Crippen LogP contribution in [0.2, 0.25) is 0 Å². The highest BCUT2D eigenvalue weighted by Gasteiger charge is 2.32. The van der Waals surface area contributed by atoms with Gasteiger partial charge in [-0.2, -0.15) is 5.10 Å². The molecule has 1 aliphatic heterocycles. The summed E-state index contributed by atoms with van der Waals surface area (Å²) in [5.41, 5.74) is 3.50. The van der Waals surface area contributed by atoms with Crippen molar-refractivity contribution in [2.45, 2.75) is 45.1 Å². The molecule has 0 radical (unpaired) electrons. The van der Waals surface area contributed by atoms with Crippen LogP contribution in [-0.4, -0.2) is 53.8 Å². The summed E-state index contributed by atoms with van der Waals surface area (Å²) in [5.74, 6) is 0.414. The van der Waals surface area contributed by atoms with Crippen LogP contribution in [0.4, 0.5) is 11.4 Å². The van der Waals surface area contributed by atoms with Gasteiger partial charge >= 0.3 is 0 Å². The second-order valence-corrected chi connectivity index (χ2v) is 9.07. The Morgan fingerprint density at radius 3 is 2.43 bits per heavy atom. The smallest absolute Gasteiger partial charge is 0.276 e. The minimum Gasteiger partial charge on any atom is -0.367 e. The normalized spacial score (nSPS) is 18.4. The molecule has 6 heteroatoms. The van der Waals surface area contributed by atoms with E-state index in [0.29, 0.717) is 11.6 Å². The van der Waals surface area contributed by atoms with E-state index in [9.17, 15) is 4.79 Å². The molecule has 0 spiro atoms. The molecular weight excluding hydrogens is 350 g/mol. The van der Waals surface area contributed by atoms with Crippen LogP contribution in [0.3, 0.4) is 0 Å². The van der Waals surface area contributed by atoms with Crippen molar-refractivity contribution < 1.29 is 4.79 Å². The van der Waals surface area contributed by atoms with E-state index in [0.717, 1.165) is 37.6 Å². The number of para-hydroxylation sites is 2. The zero-order valence-corrected chi connectivity index (χ0v) is 17.4. The molecule has 150 valence electrons. The van der Waals surface area contributed by atoms with Crippen molar-refractivity contribution in [3.8, 4) is 0 Å². The van der Waals surface area contributed by atoms with Crippen LogP contribution >= 0.6 is 0 Å². The van der Waals surface area contributed by atoms with Crippen LogP contribution in [-0.2, 0) is 5.54 Å². The molecule has 1 N–H and O–H groups in total. The second kappa shape index (κ2) is 7.24. The number of hydrogen-bond donors (Lipinski definition) is 1. The summed E-state index contributed by atoms with van der Waals surface area (Å²) >= 11 is 0. The molecular formula is C22H31N5O. The minimum absolute atomic E-state index is 0.131. The first kappa shape index (κ1) is 19.0. The topological polar surface area (TPSA) is 53.4 Å². The maximum atomic E-state index is 13.0. The molecule has 2 aliphatic rings. The lowest BCUT2D eigenvalue weighted by Gasteiger charge is -2.35. The van der Waals surface area contributed by atoms with Crippen LogP contribution in [0.1, 0.15) is 55.7 Å². The van der Waals surface area contributed by atoms with E-state index >= 15 is 0 Å². The zero-order valence-electron chi connectivity index (χ0n) is 17.4. The first-order valence-corrected chi connectivity index (χ1v) is 10.3. The summed E-state index contributed by atoms with van der Waals surface area (Å²) in [7, 11) is 2.15. The Kier molecular flexibility index (Phi) is 4.91. The number of piperazine rings is 1. The van der Waals surface area contributed by atoms with Gasteiger partial charge in [0.05, 0.1) is 16.9 Å². The number of anilines is 2. The molecule has 2 fully saturated rings. The zero-order chi connectivity index (χ0) is 19.9. The van der Waals surface area contributed by atoms with Crippen molar-refractivity contribution in [2.24, 2.45) is 0 Å². The van der Waals surface area contributed by atoms with Gasteiger partial charge in [0, 0.05) is 37.8 Å². The first-order valence-electron chi connectivity index (χ1n) is 10.3. The van der Waals surface area contributed by atoms with Crippen molar-refractivity contribution in [1.29, 1.82) is 0 Å². The summed E-state index contributed by atoms with van der Waals surface area (Å²) in [5, 5.41) is 7.79. The van der Waals surface area contributed by atoms with Gasteiger partial charge in [-0.1, -0.05) is 12.1 Å². The van der Waals surface area contributed by atoms with Gasteiger partial charge < -0.3 is 15.1 Å². The number of rotatable bonds is 4. The highest BCUT2D eigenvalue weighted by atomic mass is 16.2. The Hall–Kier alpha value is -2.34. The average molecular weight is 382 g/mol. The van der Waals surface area contributed by atoms with E-state index in [2.05, 4.69) is 54.1 Å². The molecule has 0 bridgehead atoms. The molecule has 28 heavy (non-hydrogen) atoms. The standard InChI is InChI=1S/C22H31N5O/c1-22(2,3)27-20(16-9-10-16)15-18(24-27)21(28)23-17-7-5-6-8-19(17)26-13-11-25(4)12-14-26/h5-8,15-16H,9-14H2,1-4H3,(H,23,28). The molecule has 6 nitrogen and oxygen atoms in total. The van der Waals surface area contributed by atoms with Gasteiger partial charge in [0.25, 0.3) is 5.91 Å². The van der Waals surface area contributed by atoms with Crippen LogP contribution < -0.4 is 10.2 Å². The molecule has 1 saturated carbocycles. The van der Waals surface area contributed by atoms with Crippen LogP contribution in [0.25, 0.3) is 0 Å². The predicted molar refractivity (Wildman–Crippen MR) is 113 cm³/mol. The Labute approximate surface area is 167 Å². The van der Waals surface area contributed by atoms with Crippen molar-refractivity contribution in [3.63, 3.8) is 0 Å². The molecule has 0 unspecified atom stereocenters. The molecule has 2 aromatic rings.